The van der Waals surface area contributed by atoms with Gasteiger partial charge in [-0.3, -0.25) is 0 Å². The van der Waals surface area contributed by atoms with Gasteiger partial charge in [-0.05, 0) is 64.7 Å². The van der Waals surface area contributed by atoms with Crippen molar-refractivity contribution in [2.75, 3.05) is 0 Å². The van der Waals surface area contributed by atoms with Gasteiger partial charge in [-0.1, -0.05) is 158 Å². The molecule has 0 atom stereocenters. The Morgan fingerprint density at radius 3 is 1.64 bits per heavy atom. The molecule has 0 spiro atoms. The molecule has 0 N–H and O–H groups in total. The lowest BCUT2D eigenvalue weighted by Crippen LogP contribution is -1.97. The molecule has 4 nitrogen and oxygen atoms in total. The molecule has 8 aromatic carbocycles. The van der Waals surface area contributed by atoms with E-state index in [4.69, 9.17) is 14.4 Å². The maximum Gasteiger partial charge on any atom is 0.160 e. The van der Waals surface area contributed by atoms with Gasteiger partial charge >= 0.3 is 0 Å². The molecule has 11 aromatic rings. The van der Waals surface area contributed by atoms with Crippen LogP contribution in [0.1, 0.15) is 0 Å². The molecule has 0 bridgehead atoms. The first-order valence-corrected chi connectivity index (χ1v) is 18.9. The van der Waals surface area contributed by atoms with Gasteiger partial charge in [0.05, 0.1) is 22.4 Å². The van der Waals surface area contributed by atoms with E-state index in [9.17, 15) is 0 Å². The number of rotatable bonds is 6. The molecule has 0 aliphatic heterocycles. The Morgan fingerprint density at radius 1 is 0.357 bits per heavy atom. The summed E-state index contributed by atoms with van der Waals surface area (Å²) in [5, 5.41) is 4.52. The van der Waals surface area contributed by atoms with Crippen LogP contribution in [0.4, 0.5) is 0 Å². The molecule has 0 fully saturated rings. The van der Waals surface area contributed by atoms with Crippen LogP contribution >= 0.6 is 0 Å². The third-order valence-corrected chi connectivity index (χ3v) is 10.9. The minimum atomic E-state index is 0.683. The molecule has 3 heterocycles. The molecule has 262 valence electrons. The van der Waals surface area contributed by atoms with Gasteiger partial charge in [0.25, 0.3) is 0 Å². The second-order valence-corrected chi connectivity index (χ2v) is 14.2. The van der Waals surface area contributed by atoms with Crippen molar-refractivity contribution < 1.29 is 4.42 Å². The van der Waals surface area contributed by atoms with Crippen molar-refractivity contribution >= 4 is 43.7 Å². The minimum absolute atomic E-state index is 0.683. The molecule has 3 aromatic heterocycles. The van der Waals surface area contributed by atoms with Crippen molar-refractivity contribution in [1.29, 1.82) is 0 Å². The first-order valence-electron chi connectivity index (χ1n) is 18.9. The third-order valence-electron chi connectivity index (χ3n) is 10.9. The monoisotopic (exact) mass is 715 g/mol. The lowest BCUT2D eigenvalue weighted by molar-refractivity contribution is 0.669. The summed E-state index contributed by atoms with van der Waals surface area (Å²) in [5.74, 6) is 0.683. The fourth-order valence-electron chi connectivity index (χ4n) is 8.13. The quantitative estimate of drug-likeness (QED) is 0.172. The summed E-state index contributed by atoms with van der Waals surface area (Å²) in [6.45, 7) is 0. The highest BCUT2D eigenvalue weighted by Gasteiger charge is 2.19. The molecular formula is C52H33N3O. The maximum absolute atomic E-state index is 6.21. The number of hydrogen-bond donors (Lipinski definition) is 0. The van der Waals surface area contributed by atoms with Crippen LogP contribution in [0, 0.1) is 0 Å². The average molecular weight is 716 g/mol. The summed E-state index contributed by atoms with van der Waals surface area (Å²) < 4.78 is 8.57. The largest absolute Gasteiger partial charge is 0.456 e. The molecule has 0 radical (unpaired) electrons. The van der Waals surface area contributed by atoms with E-state index in [1.165, 1.54) is 16.7 Å². The van der Waals surface area contributed by atoms with E-state index in [0.717, 1.165) is 83.1 Å². The van der Waals surface area contributed by atoms with Crippen LogP contribution < -0.4 is 0 Å². The fourth-order valence-corrected chi connectivity index (χ4v) is 8.13. The summed E-state index contributed by atoms with van der Waals surface area (Å²) in [6, 6.07) is 70.3. The minimum Gasteiger partial charge on any atom is -0.456 e. The maximum atomic E-state index is 6.21. The van der Waals surface area contributed by atoms with Crippen molar-refractivity contribution in [2.24, 2.45) is 0 Å². The molecule has 0 unspecified atom stereocenters. The van der Waals surface area contributed by atoms with Crippen molar-refractivity contribution in [2.45, 2.75) is 0 Å². The SMILES string of the molecule is c1ccc(-c2ccc(-c3cc(-c4cccc5c4c4ccccc4n5-c4ccc5oc6ccccc6c5c4)nc(-c4ccc(-c5ccccc5)cc4)n3)cc2)cc1. The van der Waals surface area contributed by atoms with Gasteiger partial charge in [0, 0.05) is 43.9 Å². The zero-order valence-electron chi connectivity index (χ0n) is 30.3. The zero-order valence-corrected chi connectivity index (χ0v) is 30.3. The molecule has 0 amide bonds. The van der Waals surface area contributed by atoms with E-state index >= 15 is 0 Å². The second-order valence-electron chi connectivity index (χ2n) is 14.2. The van der Waals surface area contributed by atoms with E-state index in [1.807, 2.05) is 24.3 Å². The summed E-state index contributed by atoms with van der Waals surface area (Å²) in [4.78, 5) is 10.6. The fraction of sp³-hybridized carbons (Fsp3) is 0. The van der Waals surface area contributed by atoms with Gasteiger partial charge in [-0.2, -0.15) is 0 Å². The summed E-state index contributed by atoms with van der Waals surface area (Å²) >= 11 is 0. The predicted molar refractivity (Wildman–Crippen MR) is 231 cm³/mol. The molecule has 0 saturated heterocycles. The molecule has 56 heavy (non-hydrogen) atoms. The summed E-state index contributed by atoms with van der Waals surface area (Å²) in [5.41, 5.74) is 14.6. The molecular weight excluding hydrogens is 683 g/mol. The highest BCUT2D eigenvalue weighted by molar-refractivity contribution is 6.16. The average Bonchev–Trinajstić information content (AvgIpc) is 3.82. The highest BCUT2D eigenvalue weighted by atomic mass is 16.3. The number of aromatic nitrogens is 3. The van der Waals surface area contributed by atoms with Gasteiger partial charge in [-0.15, -0.1) is 0 Å². The molecule has 4 heteroatoms. The molecule has 0 aliphatic carbocycles. The molecule has 0 saturated carbocycles. The number of furan rings is 1. The molecule has 11 rings (SSSR count). The smallest absolute Gasteiger partial charge is 0.160 e. The standard InChI is InChI=1S/C52H33N3O/c1-3-12-34(13-4-1)36-22-26-38(27-23-36)45-33-46(54-52(53-45)39-28-24-37(25-29-39)35-14-5-2-6-15-35)42-18-11-20-48-51(42)43-17-7-9-19-47(43)55(48)40-30-31-50-44(32-40)41-16-8-10-21-49(41)56-50/h1-33H. The van der Waals surface area contributed by atoms with E-state index in [2.05, 4.69) is 180 Å². The highest BCUT2D eigenvalue weighted by Crippen LogP contribution is 2.40. The van der Waals surface area contributed by atoms with Gasteiger partial charge in [-0.25, -0.2) is 9.97 Å². The summed E-state index contributed by atoms with van der Waals surface area (Å²) in [7, 11) is 0. The van der Waals surface area contributed by atoms with Crippen LogP contribution in [0.25, 0.3) is 106 Å². The van der Waals surface area contributed by atoms with E-state index < -0.39 is 0 Å². The molecule has 0 aliphatic rings. The third kappa shape index (κ3) is 5.39. The van der Waals surface area contributed by atoms with Crippen LogP contribution in [0.2, 0.25) is 0 Å². The number of fused-ring (bicyclic) bond motifs is 6. The van der Waals surface area contributed by atoms with Crippen molar-refractivity contribution in [3.8, 4) is 61.8 Å². The van der Waals surface area contributed by atoms with Crippen molar-refractivity contribution in [3.05, 3.63) is 200 Å². The van der Waals surface area contributed by atoms with Crippen LogP contribution in [-0.2, 0) is 0 Å². The Hall–Kier alpha value is -7.56. The zero-order chi connectivity index (χ0) is 37.0. The number of benzene rings is 8. The Bertz CT molecular complexity index is 3110. The predicted octanol–water partition coefficient (Wildman–Crippen LogP) is 13.8. The Morgan fingerprint density at radius 2 is 0.911 bits per heavy atom. The Balaban J connectivity index is 1.10. The number of hydrogen-bond acceptors (Lipinski definition) is 3. The van der Waals surface area contributed by atoms with E-state index in [1.54, 1.807) is 0 Å². The number of nitrogens with zero attached hydrogens (tertiary/aromatic N) is 3. The van der Waals surface area contributed by atoms with Crippen LogP contribution in [-0.4, -0.2) is 14.5 Å². The van der Waals surface area contributed by atoms with Crippen LogP contribution in [0.15, 0.2) is 205 Å². The summed E-state index contributed by atoms with van der Waals surface area (Å²) in [6.07, 6.45) is 0. The topological polar surface area (TPSA) is 43.9 Å². The van der Waals surface area contributed by atoms with E-state index in [-0.39, 0.29) is 0 Å². The van der Waals surface area contributed by atoms with E-state index in [0.29, 0.717) is 5.82 Å². The first kappa shape index (κ1) is 31.9. The Kier molecular flexibility index (Phi) is 7.46. The first-order chi connectivity index (χ1) is 27.7. The number of para-hydroxylation sites is 2. The lowest BCUT2D eigenvalue weighted by Gasteiger charge is -2.12. The van der Waals surface area contributed by atoms with Gasteiger partial charge in [0.2, 0.25) is 0 Å². The van der Waals surface area contributed by atoms with Gasteiger partial charge < -0.3 is 8.98 Å². The van der Waals surface area contributed by atoms with Crippen LogP contribution in [0.5, 0.6) is 0 Å². The van der Waals surface area contributed by atoms with Gasteiger partial charge in [0.1, 0.15) is 11.2 Å². The Labute approximate surface area is 323 Å². The normalized spacial score (nSPS) is 11.6. The van der Waals surface area contributed by atoms with Crippen LogP contribution in [0.3, 0.4) is 0 Å². The second kappa shape index (κ2) is 13.1. The van der Waals surface area contributed by atoms with Crippen molar-refractivity contribution in [3.63, 3.8) is 0 Å². The van der Waals surface area contributed by atoms with Crippen molar-refractivity contribution in [1.82, 2.24) is 14.5 Å². The lowest BCUT2D eigenvalue weighted by atomic mass is 9.99. The van der Waals surface area contributed by atoms with Gasteiger partial charge in [0.15, 0.2) is 5.82 Å².